The van der Waals surface area contributed by atoms with Crippen molar-refractivity contribution in [3.63, 3.8) is 0 Å². The maximum absolute atomic E-state index is 11.8. The topological polar surface area (TPSA) is 58.6 Å². The summed E-state index contributed by atoms with van der Waals surface area (Å²) in [6.07, 6.45) is -2.51. The maximum Gasteiger partial charge on any atom is 0.325 e. The van der Waals surface area contributed by atoms with Crippen LogP contribution in [0.1, 0.15) is 11.6 Å². The zero-order valence-electron chi connectivity index (χ0n) is 9.68. The van der Waals surface area contributed by atoms with Gasteiger partial charge in [0, 0.05) is 6.54 Å². The van der Waals surface area contributed by atoms with Crippen LogP contribution in [0.2, 0.25) is 0 Å². The minimum Gasteiger partial charge on any atom is -0.480 e. The molecule has 0 bridgehead atoms. The van der Waals surface area contributed by atoms with Crippen LogP contribution < -0.4 is 5.32 Å². The number of carbonyl (C=O) groups is 1. The average molecular weight is 259 g/mol. The van der Waals surface area contributed by atoms with E-state index >= 15 is 0 Å². The Labute approximate surface area is 104 Å². The molecule has 1 unspecified atom stereocenters. The number of carboxylic acids is 1. The number of benzene rings is 1. The van der Waals surface area contributed by atoms with Gasteiger partial charge in [-0.3, -0.25) is 10.1 Å². The first kappa shape index (κ1) is 14.5. The number of alkyl halides is 2. The molecule has 1 atom stereocenters. The maximum atomic E-state index is 11.8. The van der Waals surface area contributed by atoms with E-state index < -0.39 is 25.0 Å². The van der Waals surface area contributed by atoms with Crippen molar-refractivity contribution >= 4 is 5.97 Å². The molecule has 4 nitrogen and oxygen atoms in total. The van der Waals surface area contributed by atoms with Crippen molar-refractivity contribution < 1.29 is 23.4 Å². The molecule has 18 heavy (non-hydrogen) atoms. The second-order valence-corrected chi connectivity index (χ2v) is 3.60. The Balaban J connectivity index is 2.38. The molecular formula is C12H15F2NO3. The van der Waals surface area contributed by atoms with E-state index in [9.17, 15) is 13.6 Å². The summed E-state index contributed by atoms with van der Waals surface area (Å²) < 4.78 is 28.2. The van der Waals surface area contributed by atoms with Gasteiger partial charge in [-0.15, -0.1) is 0 Å². The first-order valence-corrected chi connectivity index (χ1v) is 5.48. The molecule has 0 heterocycles. The van der Waals surface area contributed by atoms with Gasteiger partial charge in [0.1, 0.15) is 12.6 Å². The second-order valence-electron chi connectivity index (χ2n) is 3.60. The number of halogens is 2. The molecule has 1 aromatic rings. The molecule has 1 aromatic carbocycles. The van der Waals surface area contributed by atoms with Gasteiger partial charge in [0.25, 0.3) is 6.43 Å². The minimum absolute atomic E-state index is 0.0426. The normalized spacial score (nSPS) is 12.6. The SMILES string of the molecule is O=C(O)C(NCCOCC(F)F)c1ccccc1. The third-order valence-electron chi connectivity index (χ3n) is 2.22. The summed E-state index contributed by atoms with van der Waals surface area (Å²) in [5, 5.41) is 11.8. The summed E-state index contributed by atoms with van der Waals surface area (Å²) >= 11 is 0. The van der Waals surface area contributed by atoms with Crippen LogP contribution in [0.5, 0.6) is 0 Å². The number of carboxylic acid groups (broad SMARTS) is 1. The number of rotatable bonds is 8. The molecule has 0 amide bonds. The zero-order valence-corrected chi connectivity index (χ0v) is 9.68. The fourth-order valence-electron chi connectivity index (χ4n) is 1.44. The van der Waals surface area contributed by atoms with Crippen LogP contribution in [-0.2, 0) is 9.53 Å². The number of ether oxygens (including phenoxy) is 1. The number of hydrogen-bond donors (Lipinski definition) is 2. The van der Waals surface area contributed by atoms with Gasteiger partial charge in [-0.05, 0) is 5.56 Å². The van der Waals surface area contributed by atoms with Crippen molar-refractivity contribution in [2.45, 2.75) is 12.5 Å². The quantitative estimate of drug-likeness (QED) is 0.697. The Kier molecular flexibility index (Phi) is 6.24. The van der Waals surface area contributed by atoms with Crippen LogP contribution in [0.25, 0.3) is 0 Å². The second kappa shape index (κ2) is 7.73. The number of nitrogens with one attached hydrogen (secondary N) is 1. The highest BCUT2D eigenvalue weighted by Crippen LogP contribution is 2.12. The lowest BCUT2D eigenvalue weighted by Gasteiger charge is -2.14. The molecule has 6 heteroatoms. The van der Waals surface area contributed by atoms with Gasteiger partial charge in [-0.1, -0.05) is 30.3 Å². The van der Waals surface area contributed by atoms with E-state index in [1.165, 1.54) is 0 Å². The van der Waals surface area contributed by atoms with Gasteiger partial charge in [0.05, 0.1) is 6.61 Å². The molecule has 0 aromatic heterocycles. The number of hydrogen-bond acceptors (Lipinski definition) is 3. The van der Waals surface area contributed by atoms with E-state index in [-0.39, 0.29) is 13.2 Å². The summed E-state index contributed by atoms with van der Waals surface area (Å²) in [6, 6.07) is 7.77. The summed E-state index contributed by atoms with van der Waals surface area (Å²) in [5.41, 5.74) is 0.610. The van der Waals surface area contributed by atoms with Crippen LogP contribution in [-0.4, -0.2) is 37.3 Å². The fraction of sp³-hybridized carbons (Fsp3) is 0.417. The van der Waals surface area contributed by atoms with Gasteiger partial charge >= 0.3 is 5.97 Å². The van der Waals surface area contributed by atoms with Crippen LogP contribution in [0.15, 0.2) is 30.3 Å². The smallest absolute Gasteiger partial charge is 0.325 e. The third kappa shape index (κ3) is 5.20. The first-order chi connectivity index (χ1) is 8.61. The van der Waals surface area contributed by atoms with Crippen LogP contribution in [0, 0.1) is 0 Å². The molecule has 100 valence electrons. The molecule has 0 aliphatic carbocycles. The lowest BCUT2D eigenvalue weighted by Crippen LogP contribution is -2.31. The Bertz CT molecular complexity index is 360. The monoisotopic (exact) mass is 259 g/mol. The lowest BCUT2D eigenvalue weighted by atomic mass is 10.1. The Hall–Kier alpha value is -1.53. The molecule has 0 saturated heterocycles. The molecule has 0 aliphatic heterocycles. The largest absolute Gasteiger partial charge is 0.480 e. The van der Waals surface area contributed by atoms with Gasteiger partial charge in [-0.2, -0.15) is 0 Å². The molecule has 1 rings (SSSR count). The van der Waals surface area contributed by atoms with E-state index in [4.69, 9.17) is 5.11 Å². The summed E-state index contributed by atoms with van der Waals surface area (Å²) in [5.74, 6) is -1.02. The molecule has 0 saturated carbocycles. The summed E-state index contributed by atoms with van der Waals surface area (Å²) in [7, 11) is 0. The van der Waals surface area contributed by atoms with E-state index in [2.05, 4.69) is 10.1 Å². The van der Waals surface area contributed by atoms with Gasteiger partial charge in [-0.25, -0.2) is 8.78 Å². The highest BCUT2D eigenvalue weighted by atomic mass is 19.3. The van der Waals surface area contributed by atoms with E-state index in [1.54, 1.807) is 30.3 Å². The first-order valence-electron chi connectivity index (χ1n) is 5.48. The predicted octanol–water partition coefficient (Wildman–Crippen LogP) is 1.68. The van der Waals surface area contributed by atoms with Crippen molar-refractivity contribution in [1.82, 2.24) is 5.32 Å². The van der Waals surface area contributed by atoms with E-state index in [0.717, 1.165) is 0 Å². The van der Waals surface area contributed by atoms with Crippen molar-refractivity contribution in [3.05, 3.63) is 35.9 Å². The van der Waals surface area contributed by atoms with Crippen LogP contribution >= 0.6 is 0 Å². The fourth-order valence-corrected chi connectivity index (χ4v) is 1.44. The van der Waals surface area contributed by atoms with Gasteiger partial charge < -0.3 is 9.84 Å². The van der Waals surface area contributed by atoms with E-state index in [0.29, 0.717) is 5.56 Å². The number of aliphatic carboxylic acids is 1. The van der Waals surface area contributed by atoms with Crippen molar-refractivity contribution in [2.24, 2.45) is 0 Å². The Morgan fingerprint density at radius 1 is 1.33 bits per heavy atom. The van der Waals surface area contributed by atoms with Crippen molar-refractivity contribution in [3.8, 4) is 0 Å². The minimum atomic E-state index is -2.51. The Morgan fingerprint density at radius 2 is 2.00 bits per heavy atom. The van der Waals surface area contributed by atoms with Crippen LogP contribution in [0.3, 0.4) is 0 Å². The van der Waals surface area contributed by atoms with E-state index in [1.807, 2.05) is 0 Å². The molecule has 0 spiro atoms. The van der Waals surface area contributed by atoms with Crippen LogP contribution in [0.4, 0.5) is 8.78 Å². The Morgan fingerprint density at radius 3 is 2.56 bits per heavy atom. The predicted molar refractivity (Wildman–Crippen MR) is 61.6 cm³/mol. The third-order valence-corrected chi connectivity index (χ3v) is 2.22. The van der Waals surface area contributed by atoms with Gasteiger partial charge in [0.2, 0.25) is 0 Å². The zero-order chi connectivity index (χ0) is 13.4. The standard InChI is InChI=1S/C12H15F2NO3/c13-10(14)8-18-7-6-15-11(12(16)17)9-4-2-1-3-5-9/h1-5,10-11,15H,6-8H2,(H,16,17). The molecule has 2 N–H and O–H groups in total. The van der Waals surface area contributed by atoms with Crippen molar-refractivity contribution in [1.29, 1.82) is 0 Å². The summed E-state index contributed by atoms with van der Waals surface area (Å²) in [4.78, 5) is 11.0. The lowest BCUT2D eigenvalue weighted by molar-refractivity contribution is -0.139. The molecular weight excluding hydrogens is 244 g/mol. The highest BCUT2D eigenvalue weighted by molar-refractivity contribution is 5.75. The molecule has 0 radical (unpaired) electrons. The van der Waals surface area contributed by atoms with Gasteiger partial charge in [0.15, 0.2) is 0 Å². The molecule has 0 aliphatic rings. The molecule has 0 fully saturated rings. The highest BCUT2D eigenvalue weighted by Gasteiger charge is 2.18. The summed E-state index contributed by atoms with van der Waals surface area (Å²) in [6.45, 7) is -0.399. The van der Waals surface area contributed by atoms with Crippen molar-refractivity contribution in [2.75, 3.05) is 19.8 Å². The average Bonchev–Trinajstić information content (AvgIpc) is 2.34.